The summed E-state index contributed by atoms with van der Waals surface area (Å²) in [4.78, 5) is 13.9. The Morgan fingerprint density at radius 3 is 2.57 bits per heavy atom. The van der Waals surface area contributed by atoms with Gasteiger partial charge in [0.15, 0.2) is 0 Å². The molecule has 0 atom stereocenters. The lowest BCUT2D eigenvalue weighted by atomic mass is 9.98. The lowest BCUT2D eigenvalue weighted by Gasteiger charge is -2.25. The van der Waals surface area contributed by atoms with Crippen LogP contribution in [0.1, 0.15) is 37.7 Å². The van der Waals surface area contributed by atoms with Gasteiger partial charge in [-0.1, -0.05) is 49.6 Å². The maximum absolute atomic E-state index is 12.3. The number of aliphatic hydroxyl groups excluding tert-OH is 1. The van der Waals surface area contributed by atoms with Crippen molar-refractivity contribution >= 4 is 5.91 Å². The molecule has 1 N–H and O–H groups in total. The first kappa shape index (κ1) is 16.0. The number of carbonyl (C=O) groups is 1. The molecule has 0 saturated heterocycles. The Bertz CT molecular complexity index is 415. The topological polar surface area (TPSA) is 49.8 Å². The predicted molar refractivity (Wildman–Crippen MR) is 81.8 cm³/mol. The number of benzene rings is 1. The van der Waals surface area contributed by atoms with Gasteiger partial charge in [-0.25, -0.2) is 0 Å². The molecule has 1 aromatic carbocycles. The average Bonchev–Trinajstić information content (AvgIpc) is 2.54. The highest BCUT2D eigenvalue weighted by molar-refractivity contribution is 5.77. The van der Waals surface area contributed by atoms with E-state index in [1.807, 2.05) is 30.3 Å². The first-order valence-corrected chi connectivity index (χ1v) is 7.84. The van der Waals surface area contributed by atoms with Gasteiger partial charge >= 0.3 is 0 Å². The summed E-state index contributed by atoms with van der Waals surface area (Å²) in [6, 6.07) is 9.83. The number of carbonyl (C=O) groups excluding carboxylic acids is 1. The maximum atomic E-state index is 12.3. The molecule has 0 aliphatic heterocycles. The number of hydrogen-bond donors (Lipinski definition) is 1. The molecule has 4 nitrogen and oxygen atoms in total. The number of rotatable bonds is 7. The minimum atomic E-state index is -0.0431. The van der Waals surface area contributed by atoms with Gasteiger partial charge in [0.25, 0.3) is 0 Å². The highest BCUT2D eigenvalue weighted by Crippen LogP contribution is 2.20. The van der Waals surface area contributed by atoms with E-state index in [4.69, 9.17) is 9.84 Å². The molecule has 1 aliphatic carbocycles. The largest absolute Gasteiger partial charge is 0.395 e. The lowest BCUT2D eigenvalue weighted by molar-refractivity contribution is -0.140. The van der Waals surface area contributed by atoms with Gasteiger partial charge in [0.1, 0.15) is 6.61 Å². The molecule has 0 aromatic heterocycles. The predicted octanol–water partition coefficient (Wildman–Crippen LogP) is 2.36. The van der Waals surface area contributed by atoms with Crippen molar-refractivity contribution in [3.63, 3.8) is 0 Å². The van der Waals surface area contributed by atoms with Crippen LogP contribution in [0.25, 0.3) is 0 Å². The van der Waals surface area contributed by atoms with E-state index in [9.17, 15) is 4.79 Å². The number of hydrogen-bond acceptors (Lipinski definition) is 3. The fraction of sp³-hybridized carbons (Fsp3) is 0.588. The van der Waals surface area contributed by atoms with E-state index in [0.29, 0.717) is 13.1 Å². The molecule has 1 aliphatic rings. The second-order valence-electron chi connectivity index (χ2n) is 5.60. The molecule has 0 spiro atoms. The van der Waals surface area contributed by atoms with Gasteiger partial charge in [0.2, 0.25) is 5.91 Å². The van der Waals surface area contributed by atoms with Crippen LogP contribution in [0.4, 0.5) is 0 Å². The van der Waals surface area contributed by atoms with Crippen molar-refractivity contribution in [3.05, 3.63) is 35.9 Å². The summed E-state index contributed by atoms with van der Waals surface area (Å²) in [5, 5.41) is 9.15. The second-order valence-corrected chi connectivity index (χ2v) is 5.60. The SMILES string of the molecule is O=C(COC1CCCCC1)N(CCO)Cc1ccccc1. The number of ether oxygens (including phenoxy) is 1. The van der Waals surface area contributed by atoms with Crippen molar-refractivity contribution in [3.8, 4) is 0 Å². The van der Waals surface area contributed by atoms with E-state index in [1.54, 1.807) is 4.90 Å². The molecule has 0 bridgehead atoms. The van der Waals surface area contributed by atoms with Crippen molar-refractivity contribution in [2.75, 3.05) is 19.8 Å². The monoisotopic (exact) mass is 291 g/mol. The van der Waals surface area contributed by atoms with Crippen LogP contribution in [0, 0.1) is 0 Å². The molecule has 1 saturated carbocycles. The third-order valence-electron chi connectivity index (χ3n) is 3.93. The molecule has 0 radical (unpaired) electrons. The normalized spacial score (nSPS) is 15.9. The zero-order valence-electron chi connectivity index (χ0n) is 12.5. The first-order chi connectivity index (χ1) is 10.3. The smallest absolute Gasteiger partial charge is 0.248 e. The third kappa shape index (κ3) is 5.48. The van der Waals surface area contributed by atoms with Gasteiger partial charge in [0.05, 0.1) is 12.7 Å². The molecule has 1 aromatic rings. The Hall–Kier alpha value is -1.39. The zero-order valence-corrected chi connectivity index (χ0v) is 12.5. The van der Waals surface area contributed by atoms with Crippen LogP contribution in [0.3, 0.4) is 0 Å². The van der Waals surface area contributed by atoms with Crippen LogP contribution in [0.5, 0.6) is 0 Å². The van der Waals surface area contributed by atoms with Crippen molar-refractivity contribution < 1.29 is 14.6 Å². The molecule has 21 heavy (non-hydrogen) atoms. The summed E-state index contributed by atoms with van der Waals surface area (Å²) in [5.41, 5.74) is 1.07. The molecule has 1 amide bonds. The lowest BCUT2D eigenvalue weighted by Crippen LogP contribution is -2.37. The summed E-state index contributed by atoms with van der Waals surface area (Å²) < 4.78 is 5.74. The Morgan fingerprint density at radius 1 is 1.19 bits per heavy atom. The summed E-state index contributed by atoms with van der Waals surface area (Å²) in [6.45, 7) is 0.968. The molecule has 0 unspecified atom stereocenters. The van der Waals surface area contributed by atoms with Crippen molar-refractivity contribution in [2.24, 2.45) is 0 Å². The fourth-order valence-corrected chi connectivity index (χ4v) is 2.73. The molecular weight excluding hydrogens is 266 g/mol. The highest BCUT2D eigenvalue weighted by atomic mass is 16.5. The summed E-state index contributed by atoms with van der Waals surface area (Å²) in [6.07, 6.45) is 6.03. The molecule has 0 heterocycles. The van der Waals surface area contributed by atoms with Crippen molar-refractivity contribution in [2.45, 2.75) is 44.8 Å². The van der Waals surface area contributed by atoms with Crippen LogP contribution >= 0.6 is 0 Å². The minimum absolute atomic E-state index is 0.0258. The number of aliphatic hydroxyl groups is 1. The second kappa shape index (κ2) is 8.80. The number of amides is 1. The van der Waals surface area contributed by atoms with Crippen molar-refractivity contribution in [1.29, 1.82) is 0 Å². The summed E-state index contributed by atoms with van der Waals surface area (Å²) in [5.74, 6) is -0.0431. The van der Waals surface area contributed by atoms with Crippen LogP contribution in [0.15, 0.2) is 30.3 Å². The van der Waals surface area contributed by atoms with Crippen LogP contribution in [-0.4, -0.2) is 41.8 Å². The first-order valence-electron chi connectivity index (χ1n) is 7.84. The van der Waals surface area contributed by atoms with E-state index >= 15 is 0 Å². The zero-order chi connectivity index (χ0) is 14.9. The standard InChI is InChI=1S/C17H25NO3/c19-12-11-18(13-15-7-3-1-4-8-15)17(20)14-21-16-9-5-2-6-10-16/h1,3-4,7-8,16,19H,2,5-6,9-14H2. The van der Waals surface area contributed by atoms with E-state index in [0.717, 1.165) is 18.4 Å². The summed E-state index contributed by atoms with van der Waals surface area (Å²) in [7, 11) is 0. The van der Waals surface area contributed by atoms with Gasteiger partial charge in [-0.05, 0) is 18.4 Å². The van der Waals surface area contributed by atoms with Crippen LogP contribution in [-0.2, 0) is 16.1 Å². The Morgan fingerprint density at radius 2 is 1.90 bits per heavy atom. The molecular formula is C17H25NO3. The quantitative estimate of drug-likeness (QED) is 0.839. The average molecular weight is 291 g/mol. The van der Waals surface area contributed by atoms with Gasteiger partial charge in [-0.15, -0.1) is 0 Å². The highest BCUT2D eigenvalue weighted by Gasteiger charge is 2.18. The Labute approximate surface area is 126 Å². The van der Waals surface area contributed by atoms with E-state index in [1.165, 1.54) is 19.3 Å². The Balaban J connectivity index is 1.83. The fourth-order valence-electron chi connectivity index (χ4n) is 2.73. The van der Waals surface area contributed by atoms with E-state index < -0.39 is 0 Å². The Kier molecular flexibility index (Phi) is 6.70. The van der Waals surface area contributed by atoms with Gasteiger partial charge < -0.3 is 14.7 Å². The molecule has 1 fully saturated rings. The van der Waals surface area contributed by atoms with Gasteiger partial charge in [-0.2, -0.15) is 0 Å². The minimum Gasteiger partial charge on any atom is -0.395 e. The van der Waals surface area contributed by atoms with Crippen LogP contribution in [0.2, 0.25) is 0 Å². The number of nitrogens with zero attached hydrogens (tertiary/aromatic N) is 1. The van der Waals surface area contributed by atoms with Crippen molar-refractivity contribution in [1.82, 2.24) is 4.90 Å². The van der Waals surface area contributed by atoms with Gasteiger partial charge in [0, 0.05) is 13.1 Å². The van der Waals surface area contributed by atoms with E-state index in [-0.39, 0.29) is 25.2 Å². The van der Waals surface area contributed by atoms with Crippen LogP contribution < -0.4 is 0 Å². The third-order valence-corrected chi connectivity index (χ3v) is 3.93. The summed E-state index contributed by atoms with van der Waals surface area (Å²) >= 11 is 0. The maximum Gasteiger partial charge on any atom is 0.248 e. The van der Waals surface area contributed by atoms with E-state index in [2.05, 4.69) is 0 Å². The molecule has 4 heteroatoms. The molecule has 116 valence electrons. The van der Waals surface area contributed by atoms with Gasteiger partial charge in [-0.3, -0.25) is 4.79 Å². The molecule has 2 rings (SSSR count).